The zero-order valence-corrected chi connectivity index (χ0v) is 16.3. The lowest BCUT2D eigenvalue weighted by Gasteiger charge is -2.19. The van der Waals surface area contributed by atoms with Crippen LogP contribution >= 0.6 is 0 Å². The number of imide groups is 1. The molecular formula is C17H29NO7S. The molecule has 1 aliphatic rings. The zero-order valence-electron chi connectivity index (χ0n) is 15.5. The molecule has 8 nitrogen and oxygen atoms in total. The average Bonchev–Trinajstić information content (AvgIpc) is 2.85. The molecule has 1 saturated heterocycles. The summed E-state index contributed by atoms with van der Waals surface area (Å²) >= 11 is 0. The minimum atomic E-state index is -4.72. The van der Waals surface area contributed by atoms with Crippen LogP contribution in [0, 0.1) is 5.92 Å². The van der Waals surface area contributed by atoms with Crippen LogP contribution in [0.15, 0.2) is 0 Å². The Morgan fingerprint density at radius 3 is 2.15 bits per heavy atom. The van der Waals surface area contributed by atoms with Crippen molar-refractivity contribution in [3.05, 3.63) is 0 Å². The van der Waals surface area contributed by atoms with Crippen LogP contribution in [0.3, 0.4) is 0 Å². The van der Waals surface area contributed by atoms with E-state index >= 15 is 0 Å². The van der Waals surface area contributed by atoms with E-state index in [4.69, 9.17) is 9.39 Å². The molecule has 0 saturated carbocycles. The van der Waals surface area contributed by atoms with Gasteiger partial charge in [0.1, 0.15) is 0 Å². The van der Waals surface area contributed by atoms with Gasteiger partial charge in [0.15, 0.2) is 5.25 Å². The van der Waals surface area contributed by atoms with Crippen LogP contribution in [0.5, 0.6) is 0 Å². The monoisotopic (exact) mass is 391 g/mol. The first kappa shape index (κ1) is 22.6. The van der Waals surface area contributed by atoms with Crippen molar-refractivity contribution in [1.82, 2.24) is 5.06 Å². The fourth-order valence-electron chi connectivity index (χ4n) is 2.91. The van der Waals surface area contributed by atoms with E-state index in [-0.39, 0.29) is 5.06 Å². The van der Waals surface area contributed by atoms with Crippen LogP contribution < -0.4 is 0 Å². The maximum atomic E-state index is 12.4. The molecule has 1 heterocycles. The number of hydrogen-bond donors (Lipinski definition) is 1. The van der Waals surface area contributed by atoms with Crippen molar-refractivity contribution in [2.24, 2.45) is 5.92 Å². The van der Waals surface area contributed by atoms with Crippen molar-refractivity contribution < 1.29 is 32.2 Å². The van der Waals surface area contributed by atoms with Gasteiger partial charge in [0.2, 0.25) is 0 Å². The highest BCUT2D eigenvalue weighted by Crippen LogP contribution is 2.24. The summed E-state index contributed by atoms with van der Waals surface area (Å²) in [6, 6.07) is 0. The lowest BCUT2D eigenvalue weighted by atomic mass is 9.95. The standard InChI is InChI=1S/C17H29NO7S/c1-3-5-7-9-11-13(10-8-6-4-2)17(21)25-18-15(19)12-14(16(18)20)26(22,23)24/h13-14H,3-12H2,1-2H3,(H,22,23,24). The van der Waals surface area contributed by atoms with E-state index in [1.807, 2.05) is 6.92 Å². The van der Waals surface area contributed by atoms with Crippen molar-refractivity contribution in [2.75, 3.05) is 0 Å². The van der Waals surface area contributed by atoms with Gasteiger partial charge in [0.05, 0.1) is 12.3 Å². The highest BCUT2D eigenvalue weighted by atomic mass is 32.2. The first-order valence-electron chi connectivity index (χ1n) is 9.27. The summed E-state index contributed by atoms with van der Waals surface area (Å²) in [5.74, 6) is -3.30. The largest absolute Gasteiger partial charge is 0.336 e. The van der Waals surface area contributed by atoms with E-state index in [0.717, 1.165) is 44.9 Å². The molecule has 1 aliphatic heterocycles. The van der Waals surface area contributed by atoms with Crippen molar-refractivity contribution in [2.45, 2.75) is 83.3 Å². The molecule has 0 aromatic heterocycles. The van der Waals surface area contributed by atoms with Gasteiger partial charge in [-0.2, -0.15) is 8.42 Å². The number of amides is 2. The Morgan fingerprint density at radius 2 is 1.65 bits per heavy atom. The molecule has 26 heavy (non-hydrogen) atoms. The van der Waals surface area contributed by atoms with Gasteiger partial charge in [-0.15, -0.1) is 5.06 Å². The van der Waals surface area contributed by atoms with Gasteiger partial charge in [-0.05, 0) is 12.8 Å². The molecular weight excluding hydrogens is 362 g/mol. The molecule has 0 aromatic rings. The van der Waals surface area contributed by atoms with Gasteiger partial charge in [-0.1, -0.05) is 58.8 Å². The number of nitrogens with zero attached hydrogens (tertiary/aromatic N) is 1. The van der Waals surface area contributed by atoms with Crippen LogP contribution in [-0.2, 0) is 29.3 Å². The van der Waals surface area contributed by atoms with Gasteiger partial charge >= 0.3 is 5.97 Å². The fourth-order valence-corrected chi connectivity index (χ4v) is 3.62. The maximum absolute atomic E-state index is 12.4. The summed E-state index contributed by atoms with van der Waals surface area (Å²) in [5.41, 5.74) is 0. The third-order valence-corrected chi connectivity index (χ3v) is 5.59. The number of unbranched alkanes of at least 4 members (excludes halogenated alkanes) is 5. The van der Waals surface area contributed by atoms with E-state index in [2.05, 4.69) is 6.92 Å². The molecule has 1 N–H and O–H groups in total. The third kappa shape index (κ3) is 6.68. The van der Waals surface area contributed by atoms with Gasteiger partial charge < -0.3 is 4.84 Å². The Kier molecular flexibility index (Phi) is 9.21. The van der Waals surface area contributed by atoms with Crippen molar-refractivity contribution in [3.63, 3.8) is 0 Å². The first-order valence-corrected chi connectivity index (χ1v) is 10.8. The summed E-state index contributed by atoms with van der Waals surface area (Å²) in [6.45, 7) is 4.13. The lowest BCUT2D eigenvalue weighted by molar-refractivity contribution is -0.201. The third-order valence-electron chi connectivity index (χ3n) is 4.50. The van der Waals surface area contributed by atoms with E-state index < -0.39 is 45.5 Å². The summed E-state index contributed by atoms with van der Waals surface area (Å²) in [5, 5.41) is -1.70. The van der Waals surface area contributed by atoms with Crippen LogP contribution in [0.25, 0.3) is 0 Å². The molecule has 1 rings (SSSR count). The fraction of sp³-hybridized carbons (Fsp3) is 0.824. The minimum Gasteiger partial charge on any atom is -0.330 e. The smallest absolute Gasteiger partial charge is 0.330 e. The number of carbonyl (C=O) groups excluding carboxylic acids is 3. The number of carbonyl (C=O) groups is 3. The summed E-state index contributed by atoms with van der Waals surface area (Å²) in [7, 11) is -4.72. The average molecular weight is 391 g/mol. The predicted octanol–water partition coefficient (Wildman–Crippen LogP) is 2.63. The second-order valence-corrected chi connectivity index (χ2v) is 8.29. The van der Waals surface area contributed by atoms with Crippen LogP contribution in [-0.4, -0.2) is 41.1 Å². The molecule has 1 fully saturated rings. The molecule has 0 spiro atoms. The van der Waals surface area contributed by atoms with Gasteiger partial charge in [0.25, 0.3) is 21.9 Å². The molecule has 2 unspecified atom stereocenters. The first-order chi connectivity index (χ1) is 12.2. The van der Waals surface area contributed by atoms with E-state index in [1.54, 1.807) is 0 Å². The Balaban J connectivity index is 2.71. The summed E-state index contributed by atoms with van der Waals surface area (Å²) < 4.78 is 31.3. The van der Waals surface area contributed by atoms with Crippen molar-refractivity contribution in [3.8, 4) is 0 Å². The molecule has 150 valence electrons. The summed E-state index contributed by atoms with van der Waals surface area (Å²) in [4.78, 5) is 41.1. The topological polar surface area (TPSA) is 118 Å². The molecule has 0 radical (unpaired) electrons. The Bertz CT molecular complexity index is 602. The van der Waals surface area contributed by atoms with Gasteiger partial charge in [-0.25, -0.2) is 4.79 Å². The second kappa shape index (κ2) is 10.6. The highest BCUT2D eigenvalue weighted by molar-refractivity contribution is 7.87. The van der Waals surface area contributed by atoms with E-state index in [1.165, 1.54) is 0 Å². The number of hydroxylamine groups is 2. The SMILES string of the molecule is CCCCCCC(CCCCC)C(=O)ON1C(=O)CC(S(=O)(=O)O)C1=O. The second-order valence-electron chi connectivity index (χ2n) is 6.69. The van der Waals surface area contributed by atoms with Crippen molar-refractivity contribution >= 4 is 27.9 Å². The highest BCUT2D eigenvalue weighted by Gasteiger charge is 2.48. The van der Waals surface area contributed by atoms with Crippen LogP contribution in [0.2, 0.25) is 0 Å². The molecule has 0 aliphatic carbocycles. The van der Waals surface area contributed by atoms with Crippen LogP contribution in [0.4, 0.5) is 0 Å². The van der Waals surface area contributed by atoms with Crippen molar-refractivity contribution in [1.29, 1.82) is 0 Å². The van der Waals surface area contributed by atoms with E-state index in [9.17, 15) is 22.8 Å². The number of hydrogen-bond acceptors (Lipinski definition) is 6. The van der Waals surface area contributed by atoms with Crippen LogP contribution in [0.1, 0.15) is 78.1 Å². The molecule has 2 amide bonds. The Morgan fingerprint density at radius 1 is 1.12 bits per heavy atom. The molecule has 0 aromatic carbocycles. The molecule has 0 bridgehead atoms. The minimum absolute atomic E-state index is 0.194. The van der Waals surface area contributed by atoms with E-state index in [0.29, 0.717) is 12.8 Å². The van der Waals surface area contributed by atoms with Gasteiger partial charge in [0, 0.05) is 0 Å². The van der Waals surface area contributed by atoms with Gasteiger partial charge in [-0.3, -0.25) is 14.1 Å². The quantitative estimate of drug-likeness (QED) is 0.308. The lowest BCUT2D eigenvalue weighted by Crippen LogP contribution is -2.38. The normalized spacial score (nSPS) is 19.0. The summed E-state index contributed by atoms with van der Waals surface area (Å²) in [6.07, 6.45) is 7.23. The number of rotatable bonds is 12. The Labute approximate surface area is 155 Å². The maximum Gasteiger partial charge on any atom is 0.336 e. The zero-order chi connectivity index (χ0) is 19.7. The predicted molar refractivity (Wildman–Crippen MR) is 94.3 cm³/mol. The Hall–Kier alpha value is -1.48. The molecule has 2 atom stereocenters. The molecule has 9 heteroatoms.